The van der Waals surface area contributed by atoms with Gasteiger partial charge in [-0.15, -0.1) is 0 Å². The van der Waals surface area contributed by atoms with Crippen molar-refractivity contribution in [2.75, 3.05) is 18.5 Å². The lowest BCUT2D eigenvalue weighted by Gasteiger charge is -2.24. The summed E-state index contributed by atoms with van der Waals surface area (Å²) in [7, 11) is 0. The molecular weight excluding hydrogens is 283 g/mol. The van der Waals surface area contributed by atoms with E-state index in [-0.39, 0.29) is 12.4 Å². The maximum Gasteiger partial charge on any atom is 0.420 e. The number of aryl methyl sites for hydroxylation is 2. The highest BCUT2D eigenvalue weighted by Gasteiger charge is 2.37. The fourth-order valence-corrected chi connectivity index (χ4v) is 2.59. The molecule has 4 nitrogen and oxygen atoms in total. The van der Waals surface area contributed by atoms with E-state index in [1.807, 2.05) is 0 Å². The van der Waals surface area contributed by atoms with Crippen molar-refractivity contribution in [1.29, 1.82) is 0 Å². The van der Waals surface area contributed by atoms with Crippen LogP contribution < -0.4 is 10.1 Å². The van der Waals surface area contributed by atoms with Crippen LogP contribution in [0.1, 0.15) is 17.0 Å². The fraction of sp³-hybridized carbons (Fsp3) is 0.357. The number of H-pyrrole nitrogens is 1. The van der Waals surface area contributed by atoms with Gasteiger partial charge in [-0.25, -0.2) is 0 Å². The minimum absolute atomic E-state index is 0.128. The molecular formula is C14H14F3N3O. The number of halogens is 3. The first-order chi connectivity index (χ1) is 9.88. The van der Waals surface area contributed by atoms with Crippen LogP contribution in [0.15, 0.2) is 12.1 Å². The van der Waals surface area contributed by atoms with Crippen LogP contribution in [0.4, 0.5) is 18.9 Å². The van der Waals surface area contributed by atoms with Gasteiger partial charge in [-0.05, 0) is 31.5 Å². The largest absolute Gasteiger partial charge is 0.489 e. The second-order valence-corrected chi connectivity index (χ2v) is 4.98. The molecule has 1 aromatic carbocycles. The fourth-order valence-electron chi connectivity index (χ4n) is 2.59. The van der Waals surface area contributed by atoms with Gasteiger partial charge in [-0.1, -0.05) is 0 Å². The smallest absolute Gasteiger partial charge is 0.420 e. The third-order valence-electron chi connectivity index (χ3n) is 3.48. The first-order valence-corrected chi connectivity index (χ1v) is 6.52. The van der Waals surface area contributed by atoms with Crippen molar-refractivity contribution in [2.24, 2.45) is 0 Å². The predicted octanol–water partition coefficient (Wildman–Crippen LogP) is 3.52. The number of anilines is 1. The standard InChI is InChI=1S/C14H14F3N3O/c1-7-12(8(2)20-19-7)9-5-10(14(15,16)17)13-11(6-9)18-3-4-21-13/h5-6,18H,3-4H2,1-2H3,(H,19,20). The number of nitrogens with one attached hydrogen (secondary N) is 2. The Morgan fingerprint density at radius 3 is 2.62 bits per heavy atom. The summed E-state index contributed by atoms with van der Waals surface area (Å²) >= 11 is 0. The molecule has 2 aromatic rings. The van der Waals surface area contributed by atoms with Gasteiger partial charge in [-0.2, -0.15) is 18.3 Å². The van der Waals surface area contributed by atoms with Crippen molar-refractivity contribution in [3.63, 3.8) is 0 Å². The summed E-state index contributed by atoms with van der Waals surface area (Å²) in [5.74, 6) is -0.128. The van der Waals surface area contributed by atoms with Crippen molar-refractivity contribution in [1.82, 2.24) is 10.2 Å². The Kier molecular flexibility index (Phi) is 3.07. The van der Waals surface area contributed by atoms with E-state index >= 15 is 0 Å². The Morgan fingerprint density at radius 2 is 2.00 bits per heavy atom. The van der Waals surface area contributed by atoms with Gasteiger partial charge in [-0.3, -0.25) is 5.10 Å². The first-order valence-electron chi connectivity index (χ1n) is 6.52. The zero-order chi connectivity index (χ0) is 15.2. The number of alkyl halides is 3. The molecule has 0 fully saturated rings. The molecule has 0 amide bonds. The molecule has 21 heavy (non-hydrogen) atoms. The Bertz CT molecular complexity index is 672. The number of hydrogen-bond donors (Lipinski definition) is 2. The lowest BCUT2D eigenvalue weighted by molar-refractivity contribution is -0.138. The highest BCUT2D eigenvalue weighted by atomic mass is 19.4. The van der Waals surface area contributed by atoms with Crippen molar-refractivity contribution < 1.29 is 17.9 Å². The van der Waals surface area contributed by atoms with Gasteiger partial charge in [0.25, 0.3) is 0 Å². The lowest BCUT2D eigenvalue weighted by Crippen LogP contribution is -2.21. The number of fused-ring (bicyclic) bond motifs is 1. The molecule has 2 N–H and O–H groups in total. The Hall–Kier alpha value is -2.18. The van der Waals surface area contributed by atoms with Gasteiger partial charge in [0, 0.05) is 17.8 Å². The van der Waals surface area contributed by atoms with Crippen LogP contribution in [0, 0.1) is 13.8 Å². The highest BCUT2D eigenvalue weighted by Crippen LogP contribution is 2.45. The van der Waals surface area contributed by atoms with E-state index in [2.05, 4.69) is 15.5 Å². The van der Waals surface area contributed by atoms with Crippen LogP contribution >= 0.6 is 0 Å². The summed E-state index contributed by atoms with van der Waals surface area (Å²) in [5.41, 5.74) is 2.17. The average Bonchev–Trinajstić information content (AvgIpc) is 2.76. The van der Waals surface area contributed by atoms with E-state index in [9.17, 15) is 13.2 Å². The zero-order valence-electron chi connectivity index (χ0n) is 11.6. The van der Waals surface area contributed by atoms with E-state index in [4.69, 9.17) is 4.74 Å². The van der Waals surface area contributed by atoms with Crippen LogP contribution in [0.5, 0.6) is 5.75 Å². The predicted molar refractivity (Wildman–Crippen MR) is 72.5 cm³/mol. The van der Waals surface area contributed by atoms with Crippen molar-refractivity contribution in [2.45, 2.75) is 20.0 Å². The molecule has 7 heteroatoms. The number of aromatic amines is 1. The molecule has 1 aliphatic rings. The van der Waals surface area contributed by atoms with Crippen LogP contribution in [-0.2, 0) is 6.18 Å². The minimum atomic E-state index is -4.47. The van der Waals surface area contributed by atoms with Gasteiger partial charge >= 0.3 is 6.18 Å². The third kappa shape index (κ3) is 2.32. The normalized spacial score (nSPS) is 14.3. The van der Waals surface area contributed by atoms with Gasteiger partial charge in [0.15, 0.2) is 5.75 Å². The van der Waals surface area contributed by atoms with E-state index in [0.717, 1.165) is 11.8 Å². The summed E-state index contributed by atoms with van der Waals surface area (Å²) in [6.07, 6.45) is -4.47. The molecule has 0 unspecified atom stereocenters. The number of aromatic nitrogens is 2. The molecule has 0 saturated carbocycles. The van der Waals surface area contributed by atoms with E-state index in [1.54, 1.807) is 19.9 Å². The molecule has 1 aliphatic heterocycles. The zero-order valence-corrected chi connectivity index (χ0v) is 11.6. The molecule has 0 saturated heterocycles. The van der Waals surface area contributed by atoms with Crippen molar-refractivity contribution in [3.05, 3.63) is 29.1 Å². The summed E-state index contributed by atoms with van der Waals surface area (Å²) in [6.45, 7) is 4.25. The van der Waals surface area contributed by atoms with E-state index < -0.39 is 11.7 Å². The van der Waals surface area contributed by atoms with Gasteiger partial charge in [0.2, 0.25) is 0 Å². The summed E-state index contributed by atoms with van der Waals surface area (Å²) in [5, 5.41) is 9.79. The summed E-state index contributed by atoms with van der Waals surface area (Å²) in [4.78, 5) is 0. The SMILES string of the molecule is Cc1n[nH]c(C)c1-c1cc2c(c(C(F)(F)F)c1)OCCN2. The number of rotatable bonds is 1. The number of hydrogen-bond acceptors (Lipinski definition) is 3. The van der Waals surface area contributed by atoms with Crippen LogP contribution in [0.25, 0.3) is 11.1 Å². The number of ether oxygens (including phenoxy) is 1. The molecule has 0 radical (unpaired) electrons. The Labute approximate surface area is 119 Å². The second-order valence-electron chi connectivity index (χ2n) is 4.98. The monoisotopic (exact) mass is 297 g/mol. The third-order valence-corrected chi connectivity index (χ3v) is 3.48. The Balaban J connectivity index is 2.24. The molecule has 1 aromatic heterocycles. The summed E-state index contributed by atoms with van der Waals surface area (Å²) in [6, 6.07) is 2.80. The molecule has 0 atom stereocenters. The van der Waals surface area contributed by atoms with Crippen LogP contribution in [-0.4, -0.2) is 23.3 Å². The molecule has 0 aliphatic carbocycles. The molecule has 3 rings (SSSR count). The highest BCUT2D eigenvalue weighted by molar-refractivity contribution is 5.77. The maximum atomic E-state index is 13.3. The lowest BCUT2D eigenvalue weighted by atomic mass is 9.99. The molecule has 2 heterocycles. The average molecular weight is 297 g/mol. The summed E-state index contributed by atoms with van der Waals surface area (Å²) < 4.78 is 45.0. The van der Waals surface area contributed by atoms with Crippen molar-refractivity contribution in [3.8, 4) is 16.9 Å². The molecule has 0 spiro atoms. The van der Waals surface area contributed by atoms with Gasteiger partial charge in [0.05, 0.1) is 11.4 Å². The van der Waals surface area contributed by atoms with Gasteiger partial charge < -0.3 is 10.1 Å². The quantitative estimate of drug-likeness (QED) is 0.846. The first kappa shape index (κ1) is 13.8. The van der Waals surface area contributed by atoms with E-state index in [0.29, 0.717) is 29.1 Å². The van der Waals surface area contributed by atoms with Crippen LogP contribution in [0.3, 0.4) is 0 Å². The van der Waals surface area contributed by atoms with Crippen molar-refractivity contribution >= 4 is 5.69 Å². The van der Waals surface area contributed by atoms with Crippen LogP contribution in [0.2, 0.25) is 0 Å². The second kappa shape index (κ2) is 4.68. The minimum Gasteiger partial charge on any atom is -0.489 e. The van der Waals surface area contributed by atoms with E-state index in [1.165, 1.54) is 0 Å². The number of benzene rings is 1. The maximum absolute atomic E-state index is 13.3. The Morgan fingerprint density at radius 1 is 1.24 bits per heavy atom. The molecule has 0 bridgehead atoms. The molecule has 112 valence electrons. The topological polar surface area (TPSA) is 49.9 Å². The van der Waals surface area contributed by atoms with Gasteiger partial charge in [0.1, 0.15) is 12.2 Å². The number of nitrogens with zero attached hydrogens (tertiary/aromatic N) is 1.